The summed E-state index contributed by atoms with van der Waals surface area (Å²) in [6.45, 7) is 0.149. The van der Waals surface area contributed by atoms with Gasteiger partial charge >= 0.3 is 6.18 Å². The van der Waals surface area contributed by atoms with E-state index in [1.807, 2.05) is 0 Å². The van der Waals surface area contributed by atoms with Crippen molar-refractivity contribution in [3.05, 3.63) is 30.0 Å². The van der Waals surface area contributed by atoms with Crippen molar-refractivity contribution < 1.29 is 21.6 Å². The molecule has 3 rings (SSSR count). The number of nitrogens with one attached hydrogen (secondary N) is 1. The average Bonchev–Trinajstić information content (AvgIpc) is 3.18. The van der Waals surface area contributed by atoms with Crippen LogP contribution in [-0.2, 0) is 16.2 Å². The molecule has 1 aliphatic heterocycles. The maximum atomic E-state index is 12.7. The van der Waals surface area contributed by atoms with E-state index in [2.05, 4.69) is 25.4 Å². The second kappa shape index (κ2) is 5.53. The topological polar surface area (TPSA) is 105 Å². The van der Waals surface area contributed by atoms with Crippen molar-refractivity contribution in [1.29, 1.82) is 0 Å². The Kier molecular flexibility index (Phi) is 3.80. The molecular formula is C11H11F3N6O2S. The van der Waals surface area contributed by atoms with Crippen LogP contribution >= 0.6 is 0 Å². The first-order valence-electron chi connectivity index (χ1n) is 6.54. The van der Waals surface area contributed by atoms with Crippen molar-refractivity contribution >= 4 is 10.0 Å². The summed E-state index contributed by atoms with van der Waals surface area (Å²) in [5, 5.41) is 8.95. The van der Waals surface area contributed by atoms with Crippen LogP contribution in [0.4, 0.5) is 13.2 Å². The summed E-state index contributed by atoms with van der Waals surface area (Å²) in [6.07, 6.45) is -2.13. The van der Waals surface area contributed by atoms with Gasteiger partial charge in [-0.15, -0.1) is 5.10 Å². The van der Waals surface area contributed by atoms with Gasteiger partial charge in [0.1, 0.15) is 11.5 Å². The second-order valence-corrected chi connectivity index (χ2v) is 6.84. The Morgan fingerprint density at radius 3 is 2.78 bits per heavy atom. The number of halogens is 3. The first kappa shape index (κ1) is 15.8. The number of aromatic nitrogens is 5. The van der Waals surface area contributed by atoms with Gasteiger partial charge in [0.25, 0.3) is 10.0 Å². The van der Waals surface area contributed by atoms with Crippen LogP contribution in [0.5, 0.6) is 0 Å². The molecule has 12 heteroatoms. The van der Waals surface area contributed by atoms with Crippen LogP contribution < -0.4 is 0 Å². The van der Waals surface area contributed by atoms with E-state index < -0.39 is 27.8 Å². The predicted octanol–water partition coefficient (Wildman–Crippen LogP) is 0.792. The third-order valence-electron chi connectivity index (χ3n) is 3.48. The van der Waals surface area contributed by atoms with Crippen LogP contribution in [-0.4, -0.2) is 51.2 Å². The third kappa shape index (κ3) is 3.03. The van der Waals surface area contributed by atoms with Gasteiger partial charge in [-0.2, -0.15) is 27.8 Å². The van der Waals surface area contributed by atoms with E-state index in [9.17, 15) is 21.6 Å². The molecule has 1 atom stereocenters. The van der Waals surface area contributed by atoms with Crippen LogP contribution in [0.2, 0.25) is 0 Å². The molecule has 1 aliphatic rings. The second-order valence-electron chi connectivity index (χ2n) is 4.95. The normalized spacial score (nSPS) is 20.0. The fourth-order valence-electron chi connectivity index (χ4n) is 2.33. The lowest BCUT2D eigenvalue weighted by Crippen LogP contribution is -2.29. The molecule has 1 saturated heterocycles. The maximum Gasteiger partial charge on any atom is 0.433 e. The summed E-state index contributed by atoms with van der Waals surface area (Å²) in [7, 11) is -3.82. The highest BCUT2D eigenvalue weighted by Gasteiger charge is 2.37. The van der Waals surface area contributed by atoms with Gasteiger partial charge in [-0.3, -0.25) is 0 Å². The fourth-order valence-corrected chi connectivity index (χ4v) is 3.66. The van der Waals surface area contributed by atoms with E-state index in [4.69, 9.17) is 0 Å². The first-order valence-corrected chi connectivity index (χ1v) is 7.98. The summed E-state index contributed by atoms with van der Waals surface area (Å²) < 4.78 is 63.8. The molecule has 1 unspecified atom stereocenters. The maximum absolute atomic E-state index is 12.7. The van der Waals surface area contributed by atoms with Crippen molar-refractivity contribution in [2.75, 3.05) is 13.1 Å². The third-order valence-corrected chi connectivity index (χ3v) is 5.21. The van der Waals surface area contributed by atoms with Crippen molar-refractivity contribution in [2.24, 2.45) is 0 Å². The van der Waals surface area contributed by atoms with Crippen molar-refractivity contribution in [1.82, 2.24) is 29.7 Å². The summed E-state index contributed by atoms with van der Waals surface area (Å²) in [4.78, 5) is 7.36. The summed E-state index contributed by atoms with van der Waals surface area (Å²) >= 11 is 0. The number of H-pyrrole nitrogens is 1. The predicted molar refractivity (Wildman–Crippen MR) is 69.5 cm³/mol. The zero-order chi connectivity index (χ0) is 16.7. The zero-order valence-electron chi connectivity index (χ0n) is 11.5. The highest BCUT2D eigenvalue weighted by Crippen LogP contribution is 2.31. The number of rotatable bonds is 3. The SMILES string of the molecule is O=S(=O)(c1cn[nH]n1)N1CCC(c2nccc(C(F)(F)F)n2)C1. The summed E-state index contributed by atoms with van der Waals surface area (Å²) in [5.74, 6) is -0.517. The van der Waals surface area contributed by atoms with Crippen LogP contribution in [0.3, 0.4) is 0 Å². The number of hydrogen-bond acceptors (Lipinski definition) is 6. The molecule has 0 bridgehead atoms. The van der Waals surface area contributed by atoms with Gasteiger partial charge in [0.05, 0.1) is 6.20 Å². The Labute approximate surface area is 128 Å². The van der Waals surface area contributed by atoms with Gasteiger partial charge in [-0.25, -0.2) is 18.4 Å². The molecule has 3 heterocycles. The minimum atomic E-state index is -4.57. The van der Waals surface area contributed by atoms with E-state index in [0.717, 1.165) is 22.8 Å². The molecule has 1 N–H and O–H groups in total. The Balaban J connectivity index is 1.81. The lowest BCUT2D eigenvalue weighted by atomic mass is 10.1. The molecule has 0 radical (unpaired) electrons. The fraction of sp³-hybridized carbons (Fsp3) is 0.455. The van der Waals surface area contributed by atoms with Crippen molar-refractivity contribution in [2.45, 2.75) is 23.5 Å². The highest BCUT2D eigenvalue weighted by molar-refractivity contribution is 7.89. The molecule has 8 nitrogen and oxygen atoms in total. The molecule has 0 aliphatic carbocycles. The molecule has 1 fully saturated rings. The standard InChI is InChI=1S/C11H11F3N6O2S/c12-11(13,14)8-1-3-15-10(17-8)7-2-4-20(6-7)23(21,22)9-5-16-19-18-9/h1,3,5,7H,2,4,6H2,(H,16,18,19). The van der Waals surface area contributed by atoms with Gasteiger partial charge in [-0.1, -0.05) is 0 Å². The smallest absolute Gasteiger partial charge is 0.241 e. The number of hydrogen-bond donors (Lipinski definition) is 1. The van der Waals surface area contributed by atoms with E-state index >= 15 is 0 Å². The van der Waals surface area contributed by atoms with Gasteiger partial charge in [0.2, 0.25) is 5.03 Å². The summed E-state index contributed by atoms with van der Waals surface area (Å²) in [6, 6.07) is 0.780. The lowest BCUT2D eigenvalue weighted by molar-refractivity contribution is -0.141. The number of alkyl halides is 3. The Morgan fingerprint density at radius 1 is 1.35 bits per heavy atom. The number of nitrogens with zero attached hydrogens (tertiary/aromatic N) is 5. The molecule has 124 valence electrons. The van der Waals surface area contributed by atoms with Crippen molar-refractivity contribution in [3.63, 3.8) is 0 Å². The highest BCUT2D eigenvalue weighted by atomic mass is 32.2. The quantitative estimate of drug-likeness (QED) is 0.879. The van der Waals surface area contributed by atoms with Gasteiger partial charge in [-0.05, 0) is 12.5 Å². The molecule has 0 amide bonds. The Hall–Kier alpha value is -2.08. The lowest BCUT2D eigenvalue weighted by Gasteiger charge is -2.14. The number of sulfonamides is 1. The van der Waals surface area contributed by atoms with E-state index in [-0.39, 0.29) is 23.9 Å². The van der Waals surface area contributed by atoms with E-state index in [1.165, 1.54) is 0 Å². The molecule has 2 aromatic rings. The Bertz CT molecular complexity index is 792. The largest absolute Gasteiger partial charge is 0.433 e. The van der Waals surface area contributed by atoms with Crippen LogP contribution in [0.1, 0.15) is 23.9 Å². The monoisotopic (exact) mass is 348 g/mol. The average molecular weight is 348 g/mol. The van der Waals surface area contributed by atoms with E-state index in [0.29, 0.717) is 6.42 Å². The molecule has 0 saturated carbocycles. The van der Waals surface area contributed by atoms with Crippen LogP contribution in [0.25, 0.3) is 0 Å². The zero-order valence-corrected chi connectivity index (χ0v) is 12.3. The first-order chi connectivity index (χ1) is 10.8. The van der Waals surface area contributed by atoms with Gasteiger partial charge < -0.3 is 0 Å². The van der Waals surface area contributed by atoms with Crippen LogP contribution in [0.15, 0.2) is 23.5 Å². The molecular weight excluding hydrogens is 337 g/mol. The van der Waals surface area contributed by atoms with Crippen molar-refractivity contribution in [3.8, 4) is 0 Å². The Morgan fingerprint density at radius 2 is 2.13 bits per heavy atom. The molecule has 0 spiro atoms. The molecule has 0 aromatic carbocycles. The van der Waals surface area contributed by atoms with E-state index in [1.54, 1.807) is 0 Å². The molecule has 23 heavy (non-hydrogen) atoms. The molecule has 2 aromatic heterocycles. The minimum Gasteiger partial charge on any atom is -0.241 e. The number of aromatic amines is 1. The van der Waals surface area contributed by atoms with Crippen LogP contribution in [0, 0.1) is 0 Å². The van der Waals surface area contributed by atoms with Gasteiger partial charge in [0.15, 0.2) is 0 Å². The van der Waals surface area contributed by atoms with Gasteiger partial charge in [0, 0.05) is 25.2 Å². The summed E-state index contributed by atoms with van der Waals surface area (Å²) in [5.41, 5.74) is -1.04. The minimum absolute atomic E-state index is 0.00347.